The number of hydrogen-bond acceptors (Lipinski definition) is 8. The molecule has 0 unspecified atom stereocenters. The fourth-order valence-corrected chi connectivity index (χ4v) is 4.12. The Morgan fingerprint density at radius 1 is 1.24 bits per heavy atom. The van der Waals surface area contributed by atoms with Crippen molar-refractivity contribution in [3.63, 3.8) is 0 Å². The molecule has 33 heavy (non-hydrogen) atoms. The number of amides is 1. The van der Waals surface area contributed by atoms with Crippen LogP contribution in [0.3, 0.4) is 0 Å². The number of pyridine rings is 1. The van der Waals surface area contributed by atoms with E-state index in [2.05, 4.69) is 37.1 Å². The Morgan fingerprint density at radius 2 is 2.03 bits per heavy atom. The molecule has 5 rings (SSSR count). The molecule has 1 saturated heterocycles. The van der Waals surface area contributed by atoms with Gasteiger partial charge in [-0.3, -0.25) is 9.48 Å². The van der Waals surface area contributed by atoms with E-state index in [0.717, 1.165) is 18.7 Å². The van der Waals surface area contributed by atoms with Crippen LogP contribution in [0.15, 0.2) is 24.4 Å². The van der Waals surface area contributed by atoms with Crippen LogP contribution in [-0.2, 0) is 15.9 Å². The maximum Gasteiger partial charge on any atom is 0.263 e. The lowest BCUT2D eigenvalue weighted by Crippen LogP contribution is -2.40. The molecule has 0 aromatic carbocycles. The van der Waals surface area contributed by atoms with Crippen molar-refractivity contribution in [2.24, 2.45) is 0 Å². The zero-order chi connectivity index (χ0) is 23.2. The van der Waals surface area contributed by atoms with Gasteiger partial charge in [0.25, 0.3) is 5.91 Å². The largest absolute Gasteiger partial charge is 0.479 e. The topological polar surface area (TPSA) is 118 Å². The van der Waals surface area contributed by atoms with E-state index in [1.165, 1.54) is 7.11 Å². The lowest BCUT2D eigenvalue weighted by Gasteiger charge is -2.34. The first-order valence-electron chi connectivity index (χ1n) is 11.0. The van der Waals surface area contributed by atoms with Gasteiger partial charge in [0.15, 0.2) is 11.6 Å². The Morgan fingerprint density at radius 3 is 2.79 bits per heavy atom. The van der Waals surface area contributed by atoms with Crippen LogP contribution in [0, 0.1) is 0 Å². The molecule has 3 aromatic heterocycles. The molecule has 11 heteroatoms. The summed E-state index contributed by atoms with van der Waals surface area (Å²) in [5.74, 6) is 1.29. The summed E-state index contributed by atoms with van der Waals surface area (Å²) < 4.78 is 20.5. The minimum atomic E-state index is -0.632. The van der Waals surface area contributed by atoms with E-state index < -0.39 is 5.79 Å². The average molecular weight is 454 g/mol. The van der Waals surface area contributed by atoms with Gasteiger partial charge >= 0.3 is 0 Å². The molecule has 3 aromatic rings. The number of ether oxygens (including phenoxy) is 3. The maximum absolute atomic E-state index is 13.0. The number of aromatic nitrogens is 6. The van der Waals surface area contributed by atoms with Gasteiger partial charge in [-0.05, 0) is 39.3 Å². The number of anilines is 1. The molecule has 0 spiro atoms. The maximum atomic E-state index is 13.0. The molecule has 1 amide bonds. The van der Waals surface area contributed by atoms with Crippen molar-refractivity contribution in [1.82, 2.24) is 29.5 Å². The summed E-state index contributed by atoms with van der Waals surface area (Å²) in [6.07, 6.45) is 3.58. The van der Waals surface area contributed by atoms with E-state index in [1.54, 1.807) is 16.9 Å². The third kappa shape index (κ3) is 4.09. The standard InChI is InChI=1S/C22H27N7O4/c1-13-8-9-18-25-26-19(29(13)18)16-6-5-7-17(23-16)24-20(30)15-10-28(27-21(15)31-4)14-11-32-22(2,3)33-12-14/h5-7,10,13-14H,8-9,11-12H2,1-4H3,(H,23,24,30)/t13-/m0/s1. The number of rotatable bonds is 5. The zero-order valence-corrected chi connectivity index (χ0v) is 19.1. The number of fused-ring (bicyclic) bond motifs is 1. The first kappa shape index (κ1) is 21.5. The van der Waals surface area contributed by atoms with Crippen LogP contribution in [0.25, 0.3) is 11.5 Å². The predicted molar refractivity (Wildman–Crippen MR) is 118 cm³/mol. The molecule has 5 heterocycles. The van der Waals surface area contributed by atoms with E-state index >= 15 is 0 Å². The van der Waals surface area contributed by atoms with Crippen molar-refractivity contribution in [2.45, 2.75) is 51.5 Å². The van der Waals surface area contributed by atoms with Crippen molar-refractivity contribution >= 4 is 11.7 Å². The number of nitrogens with one attached hydrogen (secondary N) is 1. The summed E-state index contributed by atoms with van der Waals surface area (Å²) in [6.45, 7) is 6.71. The highest BCUT2D eigenvalue weighted by Gasteiger charge is 2.31. The number of methoxy groups -OCH3 is 1. The van der Waals surface area contributed by atoms with Crippen molar-refractivity contribution in [2.75, 3.05) is 25.6 Å². The summed E-state index contributed by atoms with van der Waals surface area (Å²) in [5.41, 5.74) is 0.952. The van der Waals surface area contributed by atoms with E-state index in [1.807, 2.05) is 26.0 Å². The van der Waals surface area contributed by atoms with Crippen molar-refractivity contribution in [3.05, 3.63) is 35.8 Å². The van der Waals surface area contributed by atoms with Crippen LogP contribution < -0.4 is 10.1 Å². The fourth-order valence-electron chi connectivity index (χ4n) is 4.12. The summed E-state index contributed by atoms with van der Waals surface area (Å²) in [5, 5.41) is 15.8. The van der Waals surface area contributed by atoms with Gasteiger partial charge in [-0.2, -0.15) is 0 Å². The van der Waals surface area contributed by atoms with E-state index in [4.69, 9.17) is 14.2 Å². The van der Waals surface area contributed by atoms with Crippen LogP contribution in [-0.4, -0.2) is 61.5 Å². The quantitative estimate of drug-likeness (QED) is 0.626. The normalized spacial score (nSPS) is 19.9. The molecule has 1 N–H and O–H groups in total. The summed E-state index contributed by atoms with van der Waals surface area (Å²) >= 11 is 0. The highest BCUT2D eigenvalue weighted by Crippen LogP contribution is 2.30. The fraction of sp³-hybridized carbons (Fsp3) is 0.500. The summed E-state index contributed by atoms with van der Waals surface area (Å²) in [6, 6.07) is 5.58. The highest BCUT2D eigenvalue weighted by atomic mass is 16.7. The van der Waals surface area contributed by atoms with Crippen molar-refractivity contribution < 1.29 is 19.0 Å². The highest BCUT2D eigenvalue weighted by molar-refractivity contribution is 6.05. The van der Waals surface area contributed by atoms with Gasteiger partial charge in [0, 0.05) is 18.7 Å². The molecular formula is C22H27N7O4. The predicted octanol–water partition coefficient (Wildman–Crippen LogP) is 2.63. The number of carbonyl (C=O) groups excluding carboxylic acids is 1. The Balaban J connectivity index is 1.35. The minimum absolute atomic E-state index is 0.160. The summed E-state index contributed by atoms with van der Waals surface area (Å²) in [7, 11) is 1.48. The van der Waals surface area contributed by atoms with Crippen molar-refractivity contribution in [3.8, 4) is 17.4 Å². The van der Waals surface area contributed by atoms with E-state index in [-0.39, 0.29) is 17.8 Å². The molecule has 0 radical (unpaired) electrons. The van der Waals surface area contributed by atoms with Gasteiger partial charge in [0.2, 0.25) is 5.88 Å². The number of carbonyl (C=O) groups is 1. The van der Waals surface area contributed by atoms with Gasteiger partial charge in [0.1, 0.15) is 22.9 Å². The van der Waals surface area contributed by atoms with Crippen LogP contribution in [0.4, 0.5) is 5.82 Å². The van der Waals surface area contributed by atoms with Gasteiger partial charge in [-0.1, -0.05) is 6.07 Å². The Bertz CT molecular complexity index is 1180. The Labute approximate surface area is 191 Å². The lowest BCUT2D eigenvalue weighted by molar-refractivity contribution is -0.259. The number of nitrogens with zero attached hydrogens (tertiary/aromatic N) is 6. The smallest absolute Gasteiger partial charge is 0.263 e. The van der Waals surface area contributed by atoms with E-state index in [0.29, 0.717) is 42.2 Å². The van der Waals surface area contributed by atoms with Gasteiger partial charge in [0.05, 0.1) is 26.4 Å². The minimum Gasteiger partial charge on any atom is -0.479 e. The van der Waals surface area contributed by atoms with Gasteiger partial charge in [-0.25, -0.2) is 4.98 Å². The molecule has 2 aliphatic rings. The monoisotopic (exact) mass is 453 g/mol. The second kappa shape index (κ2) is 8.23. The first-order valence-corrected chi connectivity index (χ1v) is 11.0. The van der Waals surface area contributed by atoms with Crippen LogP contribution in [0.5, 0.6) is 5.88 Å². The molecule has 174 valence electrons. The van der Waals surface area contributed by atoms with Crippen LogP contribution in [0.1, 0.15) is 55.5 Å². The Kier molecular flexibility index (Phi) is 5.37. The molecular weight excluding hydrogens is 426 g/mol. The molecule has 2 aliphatic heterocycles. The average Bonchev–Trinajstić information content (AvgIpc) is 3.50. The third-order valence-electron chi connectivity index (χ3n) is 5.97. The molecule has 0 aliphatic carbocycles. The van der Waals surface area contributed by atoms with E-state index in [9.17, 15) is 4.79 Å². The molecule has 0 saturated carbocycles. The SMILES string of the molecule is COc1nn(C2COC(C)(C)OC2)cc1C(=O)Nc1cccc(-c2nnc3n2[C@@H](C)CC3)n1. The Hall–Kier alpha value is -3.31. The second-order valence-corrected chi connectivity index (χ2v) is 8.77. The molecule has 11 nitrogen and oxygen atoms in total. The molecule has 0 bridgehead atoms. The first-order chi connectivity index (χ1) is 15.8. The number of hydrogen-bond donors (Lipinski definition) is 1. The summed E-state index contributed by atoms with van der Waals surface area (Å²) in [4.78, 5) is 17.6. The van der Waals surface area contributed by atoms with Crippen LogP contribution in [0.2, 0.25) is 0 Å². The lowest BCUT2D eigenvalue weighted by atomic mass is 10.2. The zero-order valence-electron chi connectivity index (χ0n) is 19.1. The van der Waals surface area contributed by atoms with Crippen LogP contribution >= 0.6 is 0 Å². The molecule has 1 atom stereocenters. The van der Waals surface area contributed by atoms with Gasteiger partial charge in [-0.15, -0.1) is 15.3 Å². The van der Waals surface area contributed by atoms with Gasteiger partial charge < -0.3 is 24.1 Å². The number of aryl methyl sites for hydroxylation is 1. The second-order valence-electron chi connectivity index (χ2n) is 8.77. The molecule has 1 fully saturated rings. The third-order valence-corrected chi connectivity index (χ3v) is 5.97. The van der Waals surface area contributed by atoms with Crippen molar-refractivity contribution in [1.29, 1.82) is 0 Å².